The van der Waals surface area contributed by atoms with Crippen molar-refractivity contribution < 1.29 is 0 Å². The lowest BCUT2D eigenvalue weighted by atomic mass is 9.89. The van der Waals surface area contributed by atoms with Gasteiger partial charge in [-0.05, 0) is 68.7 Å². The minimum absolute atomic E-state index is 0.712. The summed E-state index contributed by atoms with van der Waals surface area (Å²) < 4.78 is 2.09. The first-order valence-corrected chi connectivity index (χ1v) is 9.84. The molecule has 0 N–H and O–H groups in total. The van der Waals surface area contributed by atoms with E-state index < -0.39 is 0 Å². The number of rotatable bonds is 2. The first kappa shape index (κ1) is 15.4. The Labute approximate surface area is 148 Å². The van der Waals surface area contributed by atoms with Gasteiger partial charge in [0.05, 0.1) is 9.35 Å². The Morgan fingerprint density at radius 2 is 2.24 bits per heavy atom. The molecule has 108 valence electrons. The van der Waals surface area contributed by atoms with E-state index in [4.69, 9.17) is 0 Å². The lowest BCUT2D eigenvalue weighted by molar-refractivity contribution is 0.507. The van der Waals surface area contributed by atoms with Crippen molar-refractivity contribution in [3.05, 3.63) is 35.2 Å². The molecule has 2 aromatic rings. The molecule has 1 aliphatic carbocycles. The van der Waals surface area contributed by atoms with Crippen molar-refractivity contribution in [3.63, 3.8) is 0 Å². The van der Waals surface area contributed by atoms with Gasteiger partial charge in [0, 0.05) is 20.4 Å². The number of halogens is 2. The van der Waals surface area contributed by atoms with E-state index in [0.717, 1.165) is 36.5 Å². The van der Waals surface area contributed by atoms with E-state index in [9.17, 15) is 5.26 Å². The third kappa shape index (κ3) is 3.16. The van der Waals surface area contributed by atoms with E-state index in [0.29, 0.717) is 5.92 Å². The molecule has 2 aromatic heterocycles. The summed E-state index contributed by atoms with van der Waals surface area (Å²) in [6, 6.07) is 4.38. The Balaban J connectivity index is 1.94. The quantitative estimate of drug-likeness (QED) is 0.517. The number of nitrogens with zero attached hydrogens (tertiary/aromatic N) is 2. The average Bonchev–Trinajstić information content (AvgIpc) is 2.96. The largest absolute Gasteiger partial charge is 0.243 e. The second kappa shape index (κ2) is 6.33. The van der Waals surface area contributed by atoms with Crippen LogP contribution in [0.15, 0.2) is 19.3 Å². The molecule has 2 nitrogen and oxygen atoms in total. The maximum Gasteiger partial charge on any atom is 0.134 e. The van der Waals surface area contributed by atoms with E-state index >= 15 is 0 Å². The molecule has 21 heavy (non-hydrogen) atoms. The summed E-state index contributed by atoms with van der Waals surface area (Å²) in [5.74, 6) is 0.712. The second-order valence-electron chi connectivity index (χ2n) is 5.17. The fraction of sp³-hybridized carbons (Fsp3) is 0.333. The highest BCUT2D eigenvalue weighted by atomic mass is 79.9. The normalized spacial score (nSPS) is 17.9. The Kier molecular flexibility index (Phi) is 4.65. The smallest absolute Gasteiger partial charge is 0.134 e. The second-order valence-corrected chi connectivity index (χ2v) is 9.51. The first-order chi connectivity index (χ1) is 10.1. The van der Waals surface area contributed by atoms with Gasteiger partial charge in [0.1, 0.15) is 11.1 Å². The van der Waals surface area contributed by atoms with E-state index in [2.05, 4.69) is 49.8 Å². The van der Waals surface area contributed by atoms with Gasteiger partial charge in [0.15, 0.2) is 0 Å². The molecule has 0 bridgehead atoms. The summed E-state index contributed by atoms with van der Waals surface area (Å²) in [7, 11) is 0. The molecule has 0 aliphatic heterocycles. The van der Waals surface area contributed by atoms with Crippen LogP contribution in [0.3, 0.4) is 0 Å². The lowest BCUT2D eigenvalue weighted by Gasteiger charge is -2.17. The van der Waals surface area contributed by atoms with E-state index in [1.165, 1.54) is 16.9 Å². The number of hydrogen-bond donors (Lipinski definition) is 0. The van der Waals surface area contributed by atoms with Crippen LogP contribution in [0.25, 0.3) is 0 Å². The number of aliphatic imine (C=N–C) groups is 1. The third-order valence-corrected chi connectivity index (χ3v) is 7.93. The molecular weight excluding hydrogens is 432 g/mol. The first-order valence-electron chi connectivity index (χ1n) is 6.62. The zero-order valence-corrected chi connectivity index (χ0v) is 16.1. The molecule has 0 spiro atoms. The van der Waals surface area contributed by atoms with Crippen molar-refractivity contribution in [2.45, 2.75) is 26.2 Å². The topological polar surface area (TPSA) is 36.1 Å². The SMILES string of the molecule is C[C@@H]1CCc2c(sc(N=Cc3cc(Br)c(Br)s3)c2C#N)C1. The highest BCUT2D eigenvalue weighted by Crippen LogP contribution is 2.41. The van der Waals surface area contributed by atoms with Crippen LogP contribution in [-0.2, 0) is 12.8 Å². The van der Waals surface area contributed by atoms with Crippen molar-refractivity contribution >= 4 is 65.7 Å². The molecule has 0 radical (unpaired) electrons. The molecule has 1 aliphatic rings. The Bertz CT molecular complexity index is 733. The van der Waals surface area contributed by atoms with Crippen LogP contribution in [0.2, 0.25) is 0 Å². The maximum atomic E-state index is 9.45. The molecule has 0 saturated heterocycles. The van der Waals surface area contributed by atoms with Crippen LogP contribution in [0, 0.1) is 17.2 Å². The minimum atomic E-state index is 0.712. The highest BCUT2D eigenvalue weighted by molar-refractivity contribution is 9.13. The van der Waals surface area contributed by atoms with Crippen molar-refractivity contribution in [3.8, 4) is 6.07 Å². The van der Waals surface area contributed by atoms with Gasteiger partial charge in [0.25, 0.3) is 0 Å². The third-order valence-electron chi connectivity index (χ3n) is 3.58. The summed E-state index contributed by atoms with van der Waals surface area (Å²) in [4.78, 5) is 6.99. The van der Waals surface area contributed by atoms with Gasteiger partial charge in [-0.3, -0.25) is 0 Å². The zero-order chi connectivity index (χ0) is 15.0. The fourth-order valence-corrected chi connectivity index (χ4v) is 5.76. The Hall–Kier alpha value is -0.480. The number of nitriles is 1. The van der Waals surface area contributed by atoms with Crippen LogP contribution in [0.5, 0.6) is 0 Å². The van der Waals surface area contributed by atoms with Gasteiger partial charge < -0.3 is 0 Å². The van der Waals surface area contributed by atoms with Crippen LogP contribution in [0.4, 0.5) is 5.00 Å². The highest BCUT2D eigenvalue weighted by Gasteiger charge is 2.23. The van der Waals surface area contributed by atoms with E-state index in [-0.39, 0.29) is 0 Å². The molecular formula is C15H12Br2N2S2. The average molecular weight is 444 g/mol. The molecule has 3 rings (SSSR count). The van der Waals surface area contributed by atoms with E-state index in [1.54, 1.807) is 22.7 Å². The van der Waals surface area contributed by atoms with Gasteiger partial charge in [-0.2, -0.15) is 5.26 Å². The molecule has 0 saturated carbocycles. The Morgan fingerprint density at radius 3 is 2.90 bits per heavy atom. The molecule has 0 amide bonds. The predicted octanol–water partition coefficient (Wildman–Crippen LogP) is 6.08. The lowest BCUT2D eigenvalue weighted by Crippen LogP contribution is -2.09. The molecule has 2 heterocycles. The minimum Gasteiger partial charge on any atom is -0.243 e. The summed E-state index contributed by atoms with van der Waals surface area (Å²) >= 11 is 10.3. The van der Waals surface area contributed by atoms with Gasteiger partial charge in [0.2, 0.25) is 0 Å². The molecule has 0 unspecified atom stereocenters. The summed E-state index contributed by atoms with van der Waals surface area (Å²) in [6.45, 7) is 2.28. The molecule has 0 fully saturated rings. The van der Waals surface area contributed by atoms with Crippen LogP contribution < -0.4 is 0 Å². The van der Waals surface area contributed by atoms with Crippen molar-refractivity contribution in [2.75, 3.05) is 0 Å². The monoisotopic (exact) mass is 442 g/mol. The van der Waals surface area contributed by atoms with Gasteiger partial charge in [-0.1, -0.05) is 6.92 Å². The van der Waals surface area contributed by atoms with E-state index in [1.807, 2.05) is 12.3 Å². The predicted molar refractivity (Wildman–Crippen MR) is 97.2 cm³/mol. The van der Waals surface area contributed by atoms with Crippen LogP contribution >= 0.6 is 54.5 Å². The fourth-order valence-electron chi connectivity index (χ4n) is 2.49. The van der Waals surface area contributed by atoms with Gasteiger partial charge in [-0.15, -0.1) is 22.7 Å². The van der Waals surface area contributed by atoms with Crippen molar-refractivity contribution in [1.29, 1.82) is 5.26 Å². The number of thiophene rings is 2. The number of hydrogen-bond acceptors (Lipinski definition) is 4. The van der Waals surface area contributed by atoms with Crippen molar-refractivity contribution in [1.82, 2.24) is 0 Å². The van der Waals surface area contributed by atoms with Crippen LogP contribution in [-0.4, -0.2) is 6.21 Å². The Morgan fingerprint density at radius 1 is 1.43 bits per heavy atom. The summed E-state index contributed by atoms with van der Waals surface area (Å²) in [6.07, 6.45) is 5.12. The molecule has 0 aromatic carbocycles. The van der Waals surface area contributed by atoms with Gasteiger partial charge >= 0.3 is 0 Å². The summed E-state index contributed by atoms with van der Waals surface area (Å²) in [5, 5.41) is 10.3. The zero-order valence-electron chi connectivity index (χ0n) is 11.3. The standard InChI is InChI=1S/C15H12Br2N2S2/c1-8-2-3-10-11(6-18)15(21-13(10)4-8)19-7-9-5-12(16)14(17)20-9/h5,7-8H,2-4H2,1H3/t8-/m1/s1. The number of fused-ring (bicyclic) bond motifs is 1. The van der Waals surface area contributed by atoms with Gasteiger partial charge in [-0.25, -0.2) is 4.99 Å². The molecule has 6 heteroatoms. The van der Waals surface area contributed by atoms with Crippen LogP contribution in [0.1, 0.15) is 34.2 Å². The summed E-state index contributed by atoms with van der Waals surface area (Å²) in [5.41, 5.74) is 2.02. The maximum absolute atomic E-state index is 9.45. The molecule has 1 atom stereocenters. The van der Waals surface area contributed by atoms with Crippen molar-refractivity contribution in [2.24, 2.45) is 10.9 Å².